The summed E-state index contributed by atoms with van der Waals surface area (Å²) >= 11 is 4.64. The highest BCUT2D eigenvalue weighted by molar-refractivity contribution is 6.21. The van der Waals surface area contributed by atoms with E-state index in [0.29, 0.717) is 11.1 Å². The number of imide groups is 1. The number of halogens is 1. The quantitative estimate of drug-likeness (QED) is 0.623. The van der Waals surface area contributed by atoms with Gasteiger partial charge < -0.3 is 0 Å². The summed E-state index contributed by atoms with van der Waals surface area (Å²) < 4.78 is 0. The Morgan fingerprint density at radius 1 is 0.810 bits per heavy atom. The second-order valence-corrected chi connectivity index (χ2v) is 4.61. The van der Waals surface area contributed by atoms with Crippen LogP contribution < -0.4 is 0 Å². The van der Waals surface area contributed by atoms with Crippen LogP contribution >= 0.6 is 11.6 Å². The number of fused-ring (bicyclic) bond motifs is 1. The zero-order valence-corrected chi connectivity index (χ0v) is 12.7. The maximum Gasteiger partial charge on any atom is 0.262 e. The summed E-state index contributed by atoms with van der Waals surface area (Å²) in [5, 5.41) is 0. The number of hydrogen-bond donors (Lipinski definition) is 0. The predicted molar refractivity (Wildman–Crippen MR) is 83.6 cm³/mol. The predicted octanol–water partition coefficient (Wildman–Crippen LogP) is 3.90. The minimum absolute atomic E-state index is 0.211. The molecule has 0 saturated carbocycles. The summed E-state index contributed by atoms with van der Waals surface area (Å²) in [6.45, 7) is 1.87. The minimum Gasteiger partial charge on any atom is -0.269 e. The van der Waals surface area contributed by atoms with Gasteiger partial charge >= 0.3 is 0 Å². The van der Waals surface area contributed by atoms with Gasteiger partial charge in [0, 0.05) is 6.38 Å². The lowest BCUT2D eigenvalue weighted by molar-refractivity contribution is 0.0595. The van der Waals surface area contributed by atoms with E-state index in [1.54, 1.807) is 24.3 Å². The average Bonchev–Trinajstić information content (AvgIpc) is 2.81. The standard InChI is InChI=1S/C16H13NO2.CH3Cl/c1-11(12-7-3-2-4-8-12)17-15(18)13-9-5-6-10-14(13)16(17)19;1-2/h2-11H,1H3;1H3. The summed E-state index contributed by atoms with van der Waals surface area (Å²) in [5.41, 5.74) is 1.95. The molecule has 0 saturated heterocycles. The summed E-state index contributed by atoms with van der Waals surface area (Å²) in [5.74, 6) is -0.422. The third-order valence-corrected chi connectivity index (χ3v) is 3.49. The van der Waals surface area contributed by atoms with Crippen LogP contribution in [0.3, 0.4) is 0 Å². The van der Waals surface area contributed by atoms with Gasteiger partial charge in [0.2, 0.25) is 0 Å². The molecule has 0 radical (unpaired) electrons. The second kappa shape index (κ2) is 6.55. The molecule has 0 N–H and O–H groups in total. The number of carbonyl (C=O) groups excluding carboxylic acids is 2. The highest BCUT2D eigenvalue weighted by atomic mass is 35.5. The number of amides is 2. The Hall–Kier alpha value is -2.13. The van der Waals surface area contributed by atoms with Crippen LogP contribution in [0, 0.1) is 0 Å². The van der Waals surface area contributed by atoms with Crippen molar-refractivity contribution >= 4 is 23.4 Å². The van der Waals surface area contributed by atoms with E-state index in [0.717, 1.165) is 5.56 Å². The Morgan fingerprint density at radius 2 is 1.24 bits per heavy atom. The lowest BCUT2D eigenvalue weighted by Crippen LogP contribution is -2.32. The largest absolute Gasteiger partial charge is 0.269 e. The molecule has 0 fully saturated rings. The van der Waals surface area contributed by atoms with Crippen LogP contribution in [-0.4, -0.2) is 23.1 Å². The number of benzene rings is 2. The van der Waals surface area contributed by atoms with Crippen molar-refractivity contribution in [3.8, 4) is 0 Å². The maximum absolute atomic E-state index is 12.3. The molecule has 0 aromatic heterocycles. The van der Waals surface area contributed by atoms with Gasteiger partial charge in [-0.1, -0.05) is 42.5 Å². The van der Waals surface area contributed by atoms with Gasteiger partial charge in [-0.15, -0.1) is 11.6 Å². The van der Waals surface area contributed by atoms with Crippen molar-refractivity contribution in [3.63, 3.8) is 0 Å². The maximum atomic E-state index is 12.3. The molecular formula is C17H16ClNO2. The van der Waals surface area contributed by atoms with Crippen molar-refractivity contribution in [2.24, 2.45) is 0 Å². The molecule has 1 heterocycles. The van der Waals surface area contributed by atoms with Crippen molar-refractivity contribution < 1.29 is 9.59 Å². The molecule has 1 unspecified atom stereocenters. The number of alkyl halides is 1. The number of carbonyl (C=O) groups is 2. The first kappa shape index (κ1) is 15.3. The number of rotatable bonds is 2. The molecule has 4 heteroatoms. The molecule has 0 aliphatic carbocycles. The minimum atomic E-state index is -0.256. The summed E-state index contributed by atoms with van der Waals surface area (Å²) in [6.07, 6.45) is 1.47. The third kappa shape index (κ3) is 2.69. The van der Waals surface area contributed by atoms with E-state index in [2.05, 4.69) is 11.6 Å². The van der Waals surface area contributed by atoms with E-state index in [-0.39, 0.29) is 17.9 Å². The van der Waals surface area contributed by atoms with Gasteiger partial charge in [0.15, 0.2) is 0 Å². The fraction of sp³-hybridized carbons (Fsp3) is 0.176. The monoisotopic (exact) mass is 301 g/mol. The van der Waals surface area contributed by atoms with Crippen LogP contribution in [0.2, 0.25) is 0 Å². The van der Waals surface area contributed by atoms with Crippen LogP contribution in [0.1, 0.15) is 39.2 Å². The highest BCUT2D eigenvalue weighted by Crippen LogP contribution is 2.30. The Bertz CT molecular complexity index is 620. The lowest BCUT2D eigenvalue weighted by atomic mass is 10.1. The molecule has 1 aliphatic heterocycles. The Balaban J connectivity index is 0.000000774. The highest BCUT2D eigenvalue weighted by Gasteiger charge is 2.38. The van der Waals surface area contributed by atoms with Crippen LogP contribution in [0.25, 0.3) is 0 Å². The van der Waals surface area contributed by atoms with Gasteiger partial charge in [0.25, 0.3) is 11.8 Å². The van der Waals surface area contributed by atoms with E-state index < -0.39 is 0 Å². The fourth-order valence-corrected chi connectivity index (χ4v) is 2.44. The molecule has 3 nitrogen and oxygen atoms in total. The van der Waals surface area contributed by atoms with Gasteiger partial charge in [-0.05, 0) is 24.6 Å². The third-order valence-electron chi connectivity index (χ3n) is 3.49. The number of hydrogen-bond acceptors (Lipinski definition) is 2. The normalized spacial score (nSPS) is 14.3. The van der Waals surface area contributed by atoms with Gasteiger partial charge in [-0.3, -0.25) is 14.5 Å². The first-order valence-corrected chi connectivity index (χ1v) is 7.35. The average molecular weight is 302 g/mol. The topological polar surface area (TPSA) is 37.4 Å². The van der Waals surface area contributed by atoms with Crippen molar-refractivity contribution in [3.05, 3.63) is 71.3 Å². The Morgan fingerprint density at radius 3 is 1.71 bits per heavy atom. The van der Waals surface area contributed by atoms with Crippen LogP contribution in [0.4, 0.5) is 0 Å². The van der Waals surface area contributed by atoms with E-state index in [4.69, 9.17) is 0 Å². The van der Waals surface area contributed by atoms with Crippen molar-refractivity contribution in [1.82, 2.24) is 4.90 Å². The molecule has 1 atom stereocenters. The molecular weight excluding hydrogens is 286 g/mol. The van der Waals surface area contributed by atoms with Crippen LogP contribution in [0.15, 0.2) is 54.6 Å². The molecule has 1 aliphatic rings. The SMILES string of the molecule is CC(c1ccccc1)N1C(=O)c2ccccc2C1=O.CCl. The van der Waals surface area contributed by atoms with E-state index in [1.807, 2.05) is 37.3 Å². The molecule has 2 amide bonds. The van der Waals surface area contributed by atoms with Crippen molar-refractivity contribution in [2.45, 2.75) is 13.0 Å². The van der Waals surface area contributed by atoms with Gasteiger partial charge in [0.1, 0.15) is 0 Å². The molecule has 21 heavy (non-hydrogen) atoms. The second-order valence-electron chi connectivity index (χ2n) is 4.61. The van der Waals surface area contributed by atoms with Crippen molar-refractivity contribution in [2.75, 3.05) is 6.38 Å². The van der Waals surface area contributed by atoms with E-state index in [9.17, 15) is 9.59 Å². The van der Waals surface area contributed by atoms with Gasteiger partial charge in [-0.2, -0.15) is 0 Å². The first-order chi connectivity index (χ1) is 10.2. The Labute approximate surface area is 129 Å². The van der Waals surface area contributed by atoms with Gasteiger partial charge in [-0.25, -0.2) is 0 Å². The summed E-state index contributed by atoms with van der Waals surface area (Å²) in [6, 6.07) is 16.3. The molecule has 3 rings (SSSR count). The van der Waals surface area contributed by atoms with E-state index >= 15 is 0 Å². The molecule has 0 spiro atoms. The smallest absolute Gasteiger partial charge is 0.262 e. The summed E-state index contributed by atoms with van der Waals surface area (Å²) in [7, 11) is 0. The summed E-state index contributed by atoms with van der Waals surface area (Å²) in [4.78, 5) is 26.0. The van der Waals surface area contributed by atoms with Crippen molar-refractivity contribution in [1.29, 1.82) is 0 Å². The number of nitrogens with zero attached hydrogens (tertiary/aromatic N) is 1. The van der Waals surface area contributed by atoms with Gasteiger partial charge in [0.05, 0.1) is 17.2 Å². The molecule has 2 aromatic carbocycles. The Kier molecular flexibility index (Phi) is 4.76. The lowest BCUT2D eigenvalue weighted by Gasteiger charge is -2.22. The zero-order chi connectivity index (χ0) is 15.4. The molecule has 0 bridgehead atoms. The van der Waals surface area contributed by atoms with Crippen LogP contribution in [0.5, 0.6) is 0 Å². The fourth-order valence-electron chi connectivity index (χ4n) is 2.44. The molecule has 2 aromatic rings. The van der Waals surface area contributed by atoms with Crippen LogP contribution in [-0.2, 0) is 0 Å². The van der Waals surface area contributed by atoms with E-state index in [1.165, 1.54) is 11.3 Å². The molecule has 108 valence electrons. The zero-order valence-electron chi connectivity index (χ0n) is 11.9. The first-order valence-electron chi connectivity index (χ1n) is 6.60.